The molecule has 14 nitrogen and oxygen atoms in total. The topological polar surface area (TPSA) is 187 Å². The molecule has 48 heavy (non-hydrogen) atoms. The number of halogens is 3. The smallest absolute Gasteiger partial charge is 0.433 e. The minimum absolute atomic E-state index is 0.0465. The highest BCUT2D eigenvalue weighted by atomic mass is 19.4. The molecule has 0 unspecified atom stereocenters. The summed E-state index contributed by atoms with van der Waals surface area (Å²) in [5.41, 5.74) is -2.41. The van der Waals surface area contributed by atoms with Crippen LogP contribution >= 0.6 is 0 Å². The highest BCUT2D eigenvalue weighted by Crippen LogP contribution is 2.38. The van der Waals surface area contributed by atoms with Gasteiger partial charge < -0.3 is 49.8 Å². The number of hydrogen-bond donors (Lipinski definition) is 5. The minimum Gasteiger partial charge on any atom is -0.435 e. The van der Waals surface area contributed by atoms with Crippen molar-refractivity contribution in [3.8, 4) is 0 Å². The molecule has 270 valence electrons. The van der Waals surface area contributed by atoms with Gasteiger partial charge in [-0.3, -0.25) is 14.4 Å². The van der Waals surface area contributed by atoms with E-state index < -0.39 is 48.0 Å². The van der Waals surface area contributed by atoms with Crippen molar-refractivity contribution < 1.29 is 61.5 Å². The second-order valence-electron chi connectivity index (χ2n) is 11.4. The first-order valence-electron chi connectivity index (χ1n) is 15.9. The zero-order valence-corrected chi connectivity index (χ0v) is 26.7. The predicted octanol–water partition coefficient (Wildman–Crippen LogP) is 1.80. The SMILES string of the molecule is C=COC(=O)CCCC(=O)NCCOCCC(=O)NCCCCCCOC[C@@]12CO[C@@H](O1)[C@H](Nc1cccc(C(F)(F)F)n1)[C@@H](O)[C@H]2O. The maximum atomic E-state index is 13.0. The number of carbonyl (C=O) groups excluding carboxylic acids is 3. The fraction of sp³-hybridized carbons (Fsp3) is 0.677. The van der Waals surface area contributed by atoms with Crippen molar-refractivity contribution in [1.82, 2.24) is 15.6 Å². The highest BCUT2D eigenvalue weighted by molar-refractivity contribution is 5.77. The fourth-order valence-electron chi connectivity index (χ4n) is 5.09. The molecule has 1 aromatic heterocycles. The molecule has 2 saturated heterocycles. The van der Waals surface area contributed by atoms with E-state index in [0.29, 0.717) is 32.5 Å². The van der Waals surface area contributed by atoms with Crippen molar-refractivity contribution in [2.75, 3.05) is 51.4 Å². The highest BCUT2D eigenvalue weighted by Gasteiger charge is 2.59. The number of carbonyl (C=O) groups is 3. The average Bonchev–Trinajstić information content (AvgIpc) is 3.45. The summed E-state index contributed by atoms with van der Waals surface area (Å²) in [6.45, 7) is 4.84. The number of aliphatic hydroxyl groups excluding tert-OH is 2. The molecule has 0 aliphatic carbocycles. The maximum absolute atomic E-state index is 13.0. The Balaban J connectivity index is 1.18. The van der Waals surface area contributed by atoms with Crippen molar-refractivity contribution in [3.05, 3.63) is 36.7 Å². The number of unbranched alkanes of at least 4 members (excludes halogenated alkanes) is 3. The summed E-state index contributed by atoms with van der Waals surface area (Å²) in [6, 6.07) is 2.26. The number of esters is 1. The van der Waals surface area contributed by atoms with Crippen LogP contribution in [0, 0.1) is 0 Å². The molecule has 5 N–H and O–H groups in total. The summed E-state index contributed by atoms with van der Waals surface area (Å²) in [4.78, 5) is 38.4. The lowest BCUT2D eigenvalue weighted by molar-refractivity contribution is -0.229. The van der Waals surface area contributed by atoms with E-state index in [9.17, 15) is 37.8 Å². The molecule has 17 heteroatoms. The molecule has 0 saturated carbocycles. The Hall–Kier alpha value is -3.35. The van der Waals surface area contributed by atoms with E-state index in [0.717, 1.165) is 31.6 Å². The number of aliphatic hydroxyl groups is 2. The minimum atomic E-state index is -4.64. The quantitative estimate of drug-likeness (QED) is 0.0676. The molecule has 3 rings (SSSR count). The van der Waals surface area contributed by atoms with Crippen molar-refractivity contribution in [1.29, 1.82) is 0 Å². The van der Waals surface area contributed by atoms with Gasteiger partial charge in [0.2, 0.25) is 11.8 Å². The van der Waals surface area contributed by atoms with E-state index in [1.165, 1.54) is 12.1 Å². The summed E-state index contributed by atoms with van der Waals surface area (Å²) in [6.07, 6.45) is -3.41. The van der Waals surface area contributed by atoms with Crippen LogP contribution in [0.5, 0.6) is 0 Å². The molecule has 2 amide bonds. The largest absolute Gasteiger partial charge is 0.435 e. The van der Waals surface area contributed by atoms with Crippen molar-refractivity contribution in [3.63, 3.8) is 0 Å². The molecule has 3 heterocycles. The van der Waals surface area contributed by atoms with Gasteiger partial charge in [0.05, 0.1) is 32.7 Å². The number of pyridine rings is 1. The van der Waals surface area contributed by atoms with Crippen LogP contribution in [-0.4, -0.2) is 109 Å². The van der Waals surface area contributed by atoms with Gasteiger partial charge in [0.1, 0.15) is 35.4 Å². The van der Waals surface area contributed by atoms with Crippen molar-refractivity contribution in [2.45, 2.75) is 87.7 Å². The van der Waals surface area contributed by atoms with Gasteiger partial charge in [-0.1, -0.05) is 25.5 Å². The Morgan fingerprint density at radius 1 is 0.979 bits per heavy atom. The van der Waals surface area contributed by atoms with Gasteiger partial charge in [-0.2, -0.15) is 13.2 Å². The van der Waals surface area contributed by atoms with Gasteiger partial charge in [-0.25, -0.2) is 4.98 Å². The standard InChI is InChI=1S/C31H45F3N4O10/c1-2-46-25(41)12-8-11-23(39)36-15-18-44-17-13-24(40)35-14-5-3-4-6-16-45-19-30-20-47-29(48-30)26(27(42)28(30)43)38-22-10-7-9-21(37-22)31(32,33)34/h2,7,9-10,26-29,42-43H,1,3-6,8,11-20H2,(H,35,40)(H,36,39)(H,37,38)/t26-,27-,28-,29+,30+/m1/s1. The van der Waals surface area contributed by atoms with Gasteiger partial charge in [-0.05, 0) is 31.4 Å². The molecule has 0 spiro atoms. The van der Waals surface area contributed by atoms with Crippen LogP contribution in [0.2, 0.25) is 0 Å². The summed E-state index contributed by atoms with van der Waals surface area (Å²) in [5.74, 6) is -0.920. The Labute approximate surface area is 276 Å². The van der Waals surface area contributed by atoms with Gasteiger partial charge in [-0.15, -0.1) is 0 Å². The summed E-state index contributed by atoms with van der Waals surface area (Å²) in [5, 5.41) is 29.7. The lowest BCUT2D eigenvalue weighted by atomic mass is 9.88. The van der Waals surface area contributed by atoms with E-state index in [1.54, 1.807) is 0 Å². The molecular formula is C31H45F3N4O10. The molecule has 2 bridgehead atoms. The lowest BCUT2D eigenvalue weighted by Gasteiger charge is -2.42. The van der Waals surface area contributed by atoms with E-state index in [1.807, 2.05) is 0 Å². The van der Waals surface area contributed by atoms with Crippen LogP contribution < -0.4 is 16.0 Å². The number of amides is 2. The third-order valence-electron chi connectivity index (χ3n) is 7.65. The van der Waals surface area contributed by atoms with Crippen LogP contribution in [0.3, 0.4) is 0 Å². The van der Waals surface area contributed by atoms with Gasteiger partial charge in [0, 0.05) is 39.0 Å². The second-order valence-corrected chi connectivity index (χ2v) is 11.4. The molecule has 0 aromatic carbocycles. The van der Waals surface area contributed by atoms with E-state index in [-0.39, 0.29) is 63.3 Å². The summed E-state index contributed by atoms with van der Waals surface area (Å²) < 4.78 is 66.2. The number of nitrogens with one attached hydrogen (secondary N) is 3. The molecular weight excluding hydrogens is 645 g/mol. The Morgan fingerprint density at radius 3 is 2.50 bits per heavy atom. The Bertz CT molecular complexity index is 1190. The van der Waals surface area contributed by atoms with Gasteiger partial charge >= 0.3 is 12.1 Å². The maximum Gasteiger partial charge on any atom is 0.433 e. The number of nitrogens with zero attached hydrogens (tertiary/aromatic N) is 1. The first-order valence-corrected chi connectivity index (χ1v) is 15.9. The molecule has 1 aromatic rings. The van der Waals surface area contributed by atoms with Crippen LogP contribution in [0.1, 0.15) is 57.1 Å². The fourth-order valence-corrected chi connectivity index (χ4v) is 5.09. The number of anilines is 1. The zero-order valence-electron chi connectivity index (χ0n) is 26.7. The van der Waals surface area contributed by atoms with Crippen LogP contribution in [0.25, 0.3) is 0 Å². The van der Waals surface area contributed by atoms with E-state index in [2.05, 4.69) is 32.3 Å². The number of alkyl halides is 3. The van der Waals surface area contributed by atoms with Crippen LogP contribution in [0.4, 0.5) is 19.0 Å². The van der Waals surface area contributed by atoms with E-state index >= 15 is 0 Å². The number of fused-ring (bicyclic) bond motifs is 2. The van der Waals surface area contributed by atoms with E-state index in [4.69, 9.17) is 18.9 Å². The number of hydrogen-bond acceptors (Lipinski definition) is 12. The Morgan fingerprint density at radius 2 is 1.73 bits per heavy atom. The molecule has 0 radical (unpaired) electrons. The molecule has 2 aliphatic rings. The first kappa shape index (κ1) is 39.1. The Kier molecular flexibility index (Phi) is 16.0. The number of rotatable bonds is 22. The molecule has 5 atom stereocenters. The normalized spacial score (nSPS) is 23.4. The van der Waals surface area contributed by atoms with Crippen molar-refractivity contribution >= 4 is 23.6 Å². The lowest BCUT2D eigenvalue weighted by Crippen LogP contribution is -2.64. The number of ether oxygens (including phenoxy) is 5. The van der Waals surface area contributed by atoms with Crippen LogP contribution in [0.15, 0.2) is 31.0 Å². The second kappa shape index (κ2) is 19.6. The summed E-state index contributed by atoms with van der Waals surface area (Å²) >= 11 is 0. The molecule has 2 aliphatic heterocycles. The zero-order chi connectivity index (χ0) is 35.0. The van der Waals surface area contributed by atoms with Gasteiger partial charge in [0.15, 0.2) is 6.29 Å². The third kappa shape index (κ3) is 12.6. The summed E-state index contributed by atoms with van der Waals surface area (Å²) in [7, 11) is 0. The monoisotopic (exact) mass is 690 g/mol. The molecule has 2 fully saturated rings. The average molecular weight is 691 g/mol. The van der Waals surface area contributed by atoms with Crippen molar-refractivity contribution in [2.24, 2.45) is 0 Å². The van der Waals surface area contributed by atoms with Gasteiger partial charge in [0.25, 0.3) is 0 Å². The third-order valence-corrected chi connectivity index (χ3v) is 7.65. The number of aromatic nitrogens is 1. The predicted molar refractivity (Wildman–Crippen MR) is 163 cm³/mol. The first-order chi connectivity index (χ1) is 22.9. The van der Waals surface area contributed by atoms with Crippen LogP contribution in [-0.2, 0) is 44.2 Å².